The van der Waals surface area contributed by atoms with Crippen molar-refractivity contribution in [1.82, 2.24) is 0 Å². The second kappa shape index (κ2) is 6.48. The van der Waals surface area contributed by atoms with E-state index >= 15 is 0 Å². The predicted octanol–water partition coefficient (Wildman–Crippen LogP) is 3.46. The molecular formula is C15H16O3S. The number of hydrogen-bond acceptors (Lipinski definition) is 4. The van der Waals surface area contributed by atoms with Gasteiger partial charge in [0.1, 0.15) is 11.5 Å². The van der Waals surface area contributed by atoms with Gasteiger partial charge in [0.15, 0.2) is 5.78 Å². The van der Waals surface area contributed by atoms with E-state index in [1.807, 2.05) is 36.4 Å². The summed E-state index contributed by atoms with van der Waals surface area (Å²) in [6, 6.07) is 5.56. The number of carbonyl (C=O) groups excluding carboxylic acids is 1. The number of carbonyl (C=O) groups is 1. The molecule has 0 saturated heterocycles. The quantitative estimate of drug-likeness (QED) is 0.828. The molecule has 4 heteroatoms. The monoisotopic (exact) mass is 276 g/mol. The number of allylic oxidation sites excluding steroid dienone is 2. The van der Waals surface area contributed by atoms with E-state index in [4.69, 9.17) is 9.47 Å². The van der Waals surface area contributed by atoms with Crippen molar-refractivity contribution in [1.29, 1.82) is 0 Å². The van der Waals surface area contributed by atoms with Crippen molar-refractivity contribution in [3.05, 3.63) is 47.7 Å². The number of fused-ring (bicyclic) bond motifs is 1. The van der Waals surface area contributed by atoms with Gasteiger partial charge in [0.05, 0.1) is 14.2 Å². The lowest BCUT2D eigenvalue weighted by Crippen LogP contribution is -2.01. The van der Waals surface area contributed by atoms with Gasteiger partial charge in [-0.05, 0) is 30.4 Å². The summed E-state index contributed by atoms with van der Waals surface area (Å²) in [7, 11) is 3.26. The van der Waals surface area contributed by atoms with Crippen LogP contribution in [0.5, 0.6) is 5.75 Å². The number of rotatable bonds is 2. The molecule has 100 valence electrons. The number of hydrogen-bond donors (Lipinski definition) is 0. The highest BCUT2D eigenvalue weighted by Crippen LogP contribution is 2.29. The average Bonchev–Trinajstić information content (AvgIpc) is 2.45. The first kappa shape index (κ1) is 13.7. The van der Waals surface area contributed by atoms with Gasteiger partial charge in [-0.1, -0.05) is 6.08 Å². The molecule has 1 aromatic rings. The van der Waals surface area contributed by atoms with E-state index in [0.29, 0.717) is 6.42 Å². The molecule has 0 radical (unpaired) electrons. The fraction of sp³-hybridized carbons (Fsp3) is 0.267. The van der Waals surface area contributed by atoms with Gasteiger partial charge in [-0.25, -0.2) is 0 Å². The largest absolute Gasteiger partial charge is 0.497 e. The van der Waals surface area contributed by atoms with Gasteiger partial charge >= 0.3 is 0 Å². The zero-order valence-electron chi connectivity index (χ0n) is 11.0. The first-order valence-electron chi connectivity index (χ1n) is 5.99. The SMILES string of the molecule is COC1=C/CSc2cc(OC)ccc2C(=O)C/C=C\1. The molecule has 0 bridgehead atoms. The van der Waals surface area contributed by atoms with Gasteiger partial charge in [0.2, 0.25) is 0 Å². The number of thioether (sulfide) groups is 1. The number of ether oxygens (including phenoxy) is 2. The standard InChI is InChI=1S/C15H16O3S/c1-17-11-4-3-5-14(16)13-7-6-12(18-2)10-15(13)19-9-8-11/h3-4,6-8,10H,5,9H2,1-2H3/b4-3-,11-8+. The number of Topliss-reactive ketones (excluding diaryl/α,β-unsaturated/α-hetero) is 1. The van der Waals surface area contributed by atoms with Crippen molar-refractivity contribution in [2.45, 2.75) is 11.3 Å². The molecule has 19 heavy (non-hydrogen) atoms. The molecule has 0 aliphatic carbocycles. The molecule has 0 atom stereocenters. The highest BCUT2D eigenvalue weighted by atomic mass is 32.2. The van der Waals surface area contributed by atoms with Crippen LogP contribution in [-0.4, -0.2) is 25.8 Å². The lowest BCUT2D eigenvalue weighted by atomic mass is 10.1. The van der Waals surface area contributed by atoms with Gasteiger partial charge in [-0.2, -0.15) is 0 Å². The summed E-state index contributed by atoms with van der Waals surface area (Å²) in [6.45, 7) is 0. The molecule has 0 saturated carbocycles. The molecule has 0 fully saturated rings. The summed E-state index contributed by atoms with van der Waals surface area (Å²) < 4.78 is 10.4. The van der Waals surface area contributed by atoms with E-state index < -0.39 is 0 Å². The first-order chi connectivity index (χ1) is 9.24. The van der Waals surface area contributed by atoms with E-state index in [0.717, 1.165) is 27.7 Å². The molecule has 1 aliphatic rings. The summed E-state index contributed by atoms with van der Waals surface area (Å²) in [6.07, 6.45) is 6.05. The van der Waals surface area contributed by atoms with Crippen LogP contribution in [0.4, 0.5) is 0 Å². The molecule has 0 spiro atoms. The molecule has 0 unspecified atom stereocenters. The average molecular weight is 276 g/mol. The van der Waals surface area contributed by atoms with E-state index in [-0.39, 0.29) is 5.78 Å². The Morgan fingerprint density at radius 1 is 1.21 bits per heavy atom. The highest BCUT2D eigenvalue weighted by Gasteiger charge is 2.12. The van der Waals surface area contributed by atoms with Gasteiger partial charge in [0.25, 0.3) is 0 Å². The Kier molecular flexibility index (Phi) is 4.68. The zero-order valence-corrected chi connectivity index (χ0v) is 11.8. The van der Waals surface area contributed by atoms with E-state index in [1.165, 1.54) is 0 Å². The summed E-state index contributed by atoms with van der Waals surface area (Å²) in [5.41, 5.74) is 0.754. The van der Waals surface area contributed by atoms with Crippen LogP contribution in [0.25, 0.3) is 0 Å². The fourth-order valence-electron chi connectivity index (χ4n) is 1.80. The summed E-state index contributed by atoms with van der Waals surface area (Å²) in [5.74, 6) is 2.41. The topological polar surface area (TPSA) is 35.5 Å². The van der Waals surface area contributed by atoms with Crippen LogP contribution in [0.15, 0.2) is 47.1 Å². The van der Waals surface area contributed by atoms with Crippen LogP contribution in [0.2, 0.25) is 0 Å². The Hall–Kier alpha value is -1.68. The molecule has 1 heterocycles. The van der Waals surface area contributed by atoms with Crippen LogP contribution >= 0.6 is 11.8 Å². The van der Waals surface area contributed by atoms with Crippen LogP contribution < -0.4 is 4.74 Å². The Balaban J connectivity index is 2.35. The fourth-order valence-corrected chi connectivity index (χ4v) is 2.77. The summed E-state index contributed by atoms with van der Waals surface area (Å²) in [5, 5.41) is 0. The van der Waals surface area contributed by atoms with Crippen molar-refractivity contribution in [3.8, 4) is 5.75 Å². The molecule has 1 aliphatic heterocycles. The van der Waals surface area contributed by atoms with Crippen LogP contribution in [0.1, 0.15) is 16.8 Å². The van der Waals surface area contributed by atoms with Gasteiger partial charge in [-0.15, -0.1) is 11.8 Å². The molecule has 0 aromatic heterocycles. The van der Waals surface area contributed by atoms with Gasteiger partial charge in [-0.3, -0.25) is 4.79 Å². The Bertz CT molecular complexity index is 532. The molecule has 1 aromatic carbocycles. The smallest absolute Gasteiger partial charge is 0.167 e. The lowest BCUT2D eigenvalue weighted by molar-refractivity contribution is 0.0993. The van der Waals surface area contributed by atoms with Crippen molar-refractivity contribution in [2.24, 2.45) is 0 Å². The first-order valence-corrected chi connectivity index (χ1v) is 6.98. The number of methoxy groups -OCH3 is 2. The minimum atomic E-state index is 0.110. The predicted molar refractivity (Wildman–Crippen MR) is 76.9 cm³/mol. The second-order valence-corrected chi connectivity index (χ2v) is 5.08. The molecular weight excluding hydrogens is 260 g/mol. The summed E-state index contributed by atoms with van der Waals surface area (Å²) in [4.78, 5) is 13.1. The maximum atomic E-state index is 12.2. The maximum absolute atomic E-state index is 12.2. The molecule has 0 N–H and O–H groups in total. The third-order valence-corrected chi connectivity index (χ3v) is 3.82. The van der Waals surface area contributed by atoms with Gasteiger partial charge in [0, 0.05) is 22.6 Å². The van der Waals surface area contributed by atoms with Crippen LogP contribution in [0, 0.1) is 0 Å². The molecule has 3 nitrogen and oxygen atoms in total. The van der Waals surface area contributed by atoms with E-state index in [1.54, 1.807) is 26.0 Å². The zero-order chi connectivity index (χ0) is 13.7. The Morgan fingerprint density at radius 2 is 2.05 bits per heavy atom. The highest BCUT2D eigenvalue weighted by molar-refractivity contribution is 7.99. The van der Waals surface area contributed by atoms with Crippen molar-refractivity contribution >= 4 is 17.5 Å². The van der Waals surface area contributed by atoms with E-state index in [9.17, 15) is 4.79 Å². The van der Waals surface area contributed by atoms with Gasteiger partial charge < -0.3 is 9.47 Å². The molecule has 0 amide bonds. The van der Waals surface area contributed by atoms with Crippen LogP contribution in [0.3, 0.4) is 0 Å². The Morgan fingerprint density at radius 3 is 2.79 bits per heavy atom. The molecule has 2 rings (SSSR count). The Labute approximate surface area is 117 Å². The summed E-state index contributed by atoms with van der Waals surface area (Å²) >= 11 is 1.61. The maximum Gasteiger partial charge on any atom is 0.167 e. The minimum absolute atomic E-state index is 0.110. The third kappa shape index (κ3) is 3.41. The van der Waals surface area contributed by atoms with Crippen molar-refractivity contribution < 1.29 is 14.3 Å². The number of benzene rings is 1. The van der Waals surface area contributed by atoms with Crippen molar-refractivity contribution in [3.63, 3.8) is 0 Å². The third-order valence-electron chi connectivity index (χ3n) is 2.83. The second-order valence-electron chi connectivity index (χ2n) is 4.01. The number of ketones is 1. The van der Waals surface area contributed by atoms with E-state index in [2.05, 4.69) is 0 Å². The lowest BCUT2D eigenvalue weighted by Gasteiger charge is -2.10. The van der Waals surface area contributed by atoms with Crippen molar-refractivity contribution in [2.75, 3.05) is 20.0 Å². The van der Waals surface area contributed by atoms with Crippen LogP contribution in [-0.2, 0) is 4.74 Å². The normalized spacial score (nSPS) is 19.9. The minimum Gasteiger partial charge on any atom is -0.497 e.